The summed E-state index contributed by atoms with van der Waals surface area (Å²) < 4.78 is 5.48. The van der Waals surface area contributed by atoms with Gasteiger partial charge in [0, 0.05) is 23.4 Å². The van der Waals surface area contributed by atoms with Crippen LogP contribution in [-0.2, 0) is 17.7 Å². The summed E-state index contributed by atoms with van der Waals surface area (Å²) in [5.41, 5.74) is 5.28. The van der Waals surface area contributed by atoms with Crippen LogP contribution in [0.3, 0.4) is 0 Å². The van der Waals surface area contributed by atoms with Gasteiger partial charge < -0.3 is 10.1 Å². The van der Waals surface area contributed by atoms with Crippen LogP contribution in [0.5, 0.6) is 0 Å². The maximum atomic E-state index is 13.6. The molecule has 0 bridgehead atoms. The van der Waals surface area contributed by atoms with Crippen LogP contribution in [0.1, 0.15) is 77.8 Å². The molecule has 0 unspecified atom stereocenters. The highest BCUT2D eigenvalue weighted by atomic mass is 16.6. The first-order valence-electron chi connectivity index (χ1n) is 12.9. The molecule has 0 spiro atoms. The molecule has 3 amide bonds. The first kappa shape index (κ1) is 27.0. The second-order valence-electron chi connectivity index (χ2n) is 11.2. The van der Waals surface area contributed by atoms with E-state index in [9.17, 15) is 14.4 Å². The number of carbonyl (C=O) groups excluding carboxylic acids is 3. The van der Waals surface area contributed by atoms with Crippen molar-refractivity contribution in [1.82, 2.24) is 10.3 Å². The highest BCUT2D eigenvalue weighted by Gasteiger charge is 2.39. The van der Waals surface area contributed by atoms with Crippen molar-refractivity contribution in [2.75, 3.05) is 4.90 Å². The number of nitrogens with one attached hydrogen (secondary N) is 1. The number of fused-ring (bicyclic) bond motifs is 1. The highest BCUT2D eigenvalue weighted by molar-refractivity contribution is 6.35. The van der Waals surface area contributed by atoms with Crippen molar-refractivity contribution < 1.29 is 19.1 Å². The molecule has 0 saturated heterocycles. The summed E-state index contributed by atoms with van der Waals surface area (Å²) in [5, 5.41) is 2.88. The molecule has 4 rings (SSSR count). The Bertz CT molecular complexity index is 1370. The second-order valence-corrected chi connectivity index (χ2v) is 11.2. The van der Waals surface area contributed by atoms with Crippen molar-refractivity contribution in [3.8, 4) is 11.1 Å². The number of benzene rings is 2. The Morgan fingerprint density at radius 3 is 2.08 bits per heavy atom. The molecule has 38 heavy (non-hydrogen) atoms. The molecule has 0 atom stereocenters. The van der Waals surface area contributed by atoms with Gasteiger partial charge in [-0.3, -0.25) is 14.6 Å². The van der Waals surface area contributed by atoms with Gasteiger partial charge in [0.2, 0.25) is 0 Å². The van der Waals surface area contributed by atoms with Crippen LogP contribution >= 0.6 is 0 Å². The Kier molecular flexibility index (Phi) is 7.40. The number of anilines is 1. The van der Waals surface area contributed by atoms with Crippen LogP contribution in [0.25, 0.3) is 11.1 Å². The van der Waals surface area contributed by atoms with Crippen molar-refractivity contribution in [2.45, 2.75) is 67.0 Å². The minimum atomic E-state index is -0.651. The molecule has 1 aromatic heterocycles. The fourth-order valence-electron chi connectivity index (χ4n) is 4.71. The largest absolute Gasteiger partial charge is 0.444 e. The number of amides is 3. The maximum Gasteiger partial charge on any atom is 0.407 e. The summed E-state index contributed by atoms with van der Waals surface area (Å²) in [6, 6.07) is 14.8. The monoisotopic (exact) mass is 513 g/mol. The van der Waals surface area contributed by atoms with E-state index in [1.165, 1.54) is 4.90 Å². The van der Waals surface area contributed by atoms with Crippen LogP contribution in [0, 0.1) is 19.8 Å². The van der Waals surface area contributed by atoms with Crippen molar-refractivity contribution in [3.63, 3.8) is 0 Å². The third-order valence-electron chi connectivity index (χ3n) is 6.30. The number of hydrogen-bond donors (Lipinski definition) is 1. The zero-order valence-electron chi connectivity index (χ0n) is 23.1. The van der Waals surface area contributed by atoms with Gasteiger partial charge in [-0.25, -0.2) is 9.69 Å². The van der Waals surface area contributed by atoms with Gasteiger partial charge in [-0.2, -0.15) is 0 Å². The lowest BCUT2D eigenvalue weighted by Gasteiger charge is -2.26. The Balaban J connectivity index is 1.94. The quantitative estimate of drug-likeness (QED) is 0.386. The van der Waals surface area contributed by atoms with Crippen molar-refractivity contribution in [2.24, 2.45) is 5.92 Å². The fraction of sp³-hybridized carbons (Fsp3) is 0.355. The third-order valence-corrected chi connectivity index (χ3v) is 6.30. The lowest BCUT2D eigenvalue weighted by Crippen LogP contribution is -2.34. The van der Waals surface area contributed by atoms with E-state index in [0.717, 1.165) is 22.4 Å². The van der Waals surface area contributed by atoms with Gasteiger partial charge in [0.05, 0.1) is 22.5 Å². The molecular formula is C31H35N3O4. The standard InChI is InChI=1S/C31H35N3O4/c1-18(2)16-25-24(17-32-30(37)38-31(5,6)7)26(21-14-12-19(3)13-15-21)27(20(4)33-25)34-28(35)22-10-8-9-11-23(22)29(34)36/h8-15,18H,16-17H2,1-7H3,(H,32,37). The van der Waals surface area contributed by atoms with Gasteiger partial charge in [0.1, 0.15) is 5.60 Å². The first-order valence-corrected chi connectivity index (χ1v) is 12.9. The molecule has 0 fully saturated rings. The fourth-order valence-corrected chi connectivity index (χ4v) is 4.71. The third kappa shape index (κ3) is 5.47. The number of aryl methyl sites for hydroxylation is 2. The molecule has 1 N–H and O–H groups in total. The van der Waals surface area contributed by atoms with E-state index in [2.05, 4.69) is 19.2 Å². The van der Waals surface area contributed by atoms with E-state index in [0.29, 0.717) is 34.5 Å². The molecule has 7 heteroatoms. The second kappa shape index (κ2) is 10.4. The van der Waals surface area contributed by atoms with Gasteiger partial charge >= 0.3 is 6.09 Å². The van der Waals surface area contributed by atoms with E-state index < -0.39 is 11.7 Å². The van der Waals surface area contributed by atoms with Crippen LogP contribution < -0.4 is 10.2 Å². The molecular weight excluding hydrogens is 478 g/mol. The van der Waals surface area contributed by atoms with E-state index in [-0.39, 0.29) is 24.3 Å². The molecule has 198 valence electrons. The SMILES string of the molecule is Cc1ccc(-c2c(CNC(=O)OC(C)(C)C)c(CC(C)C)nc(C)c2N2C(=O)c3ccccc3C2=O)cc1. The smallest absolute Gasteiger partial charge is 0.407 e. The lowest BCUT2D eigenvalue weighted by molar-refractivity contribution is 0.0523. The average Bonchev–Trinajstić information content (AvgIpc) is 3.07. The van der Waals surface area contributed by atoms with Gasteiger partial charge in [-0.1, -0.05) is 55.8 Å². The zero-order chi connectivity index (χ0) is 27.8. The van der Waals surface area contributed by atoms with E-state index in [4.69, 9.17) is 9.72 Å². The number of carbonyl (C=O) groups is 3. The highest BCUT2D eigenvalue weighted by Crippen LogP contribution is 2.41. The Morgan fingerprint density at radius 2 is 1.55 bits per heavy atom. The number of hydrogen-bond acceptors (Lipinski definition) is 5. The normalized spacial score (nSPS) is 13.2. The summed E-state index contributed by atoms with van der Waals surface area (Å²) in [5.74, 6) is -0.476. The number of ether oxygens (including phenoxy) is 1. The van der Waals surface area contributed by atoms with Crippen molar-refractivity contribution in [3.05, 3.63) is 82.2 Å². The molecule has 2 heterocycles. The van der Waals surface area contributed by atoms with Crippen molar-refractivity contribution in [1.29, 1.82) is 0 Å². The molecule has 1 aliphatic heterocycles. The number of alkyl carbamates (subject to hydrolysis) is 1. The molecule has 1 aliphatic rings. The average molecular weight is 514 g/mol. The first-order chi connectivity index (χ1) is 17.9. The number of aromatic nitrogens is 1. The van der Waals surface area contributed by atoms with Crippen LogP contribution in [-0.4, -0.2) is 28.5 Å². The van der Waals surface area contributed by atoms with Crippen LogP contribution in [0.4, 0.5) is 10.5 Å². The summed E-state index contributed by atoms with van der Waals surface area (Å²) >= 11 is 0. The zero-order valence-corrected chi connectivity index (χ0v) is 23.1. The lowest BCUT2D eigenvalue weighted by atomic mass is 9.91. The Hall–Kier alpha value is -4.00. The van der Waals surface area contributed by atoms with E-state index >= 15 is 0 Å². The summed E-state index contributed by atoms with van der Waals surface area (Å²) in [4.78, 5) is 46.0. The summed E-state index contributed by atoms with van der Waals surface area (Å²) in [6.45, 7) is 13.6. The predicted octanol–water partition coefficient (Wildman–Crippen LogP) is 6.39. The molecule has 0 aliphatic carbocycles. The molecule has 0 radical (unpaired) electrons. The molecule has 3 aromatic rings. The van der Waals surface area contributed by atoms with E-state index in [1.54, 1.807) is 24.3 Å². The van der Waals surface area contributed by atoms with Gasteiger partial charge in [0.15, 0.2) is 0 Å². The number of rotatable bonds is 6. The van der Waals surface area contributed by atoms with Gasteiger partial charge in [0.25, 0.3) is 11.8 Å². The molecule has 2 aromatic carbocycles. The minimum Gasteiger partial charge on any atom is -0.444 e. The Morgan fingerprint density at radius 1 is 0.974 bits per heavy atom. The van der Waals surface area contributed by atoms with Crippen LogP contribution in [0.2, 0.25) is 0 Å². The van der Waals surface area contributed by atoms with Crippen LogP contribution in [0.15, 0.2) is 48.5 Å². The number of imide groups is 1. The molecule has 7 nitrogen and oxygen atoms in total. The van der Waals surface area contributed by atoms with Crippen molar-refractivity contribution >= 4 is 23.6 Å². The van der Waals surface area contributed by atoms with E-state index in [1.807, 2.05) is 58.9 Å². The Labute approximate surface area is 224 Å². The number of nitrogens with zero attached hydrogens (tertiary/aromatic N) is 2. The molecule has 0 saturated carbocycles. The summed E-state index contributed by atoms with van der Waals surface area (Å²) in [7, 11) is 0. The van der Waals surface area contributed by atoms with Gasteiger partial charge in [-0.05, 0) is 64.7 Å². The maximum absolute atomic E-state index is 13.6. The number of pyridine rings is 1. The van der Waals surface area contributed by atoms with Gasteiger partial charge in [-0.15, -0.1) is 0 Å². The topological polar surface area (TPSA) is 88.6 Å². The minimum absolute atomic E-state index is 0.129. The predicted molar refractivity (Wildman–Crippen MR) is 148 cm³/mol. The summed E-state index contributed by atoms with van der Waals surface area (Å²) in [6.07, 6.45) is 0.110.